The number of aromatic nitrogens is 1. The van der Waals surface area contributed by atoms with Crippen molar-refractivity contribution in [2.24, 2.45) is 11.8 Å². The second kappa shape index (κ2) is 30.8. The summed E-state index contributed by atoms with van der Waals surface area (Å²) in [4.78, 5) is 6.47. The van der Waals surface area contributed by atoms with Crippen LogP contribution in [0.15, 0.2) is 247 Å². The van der Waals surface area contributed by atoms with E-state index in [9.17, 15) is 0 Å². The number of fused-ring (bicyclic) bond motifs is 1. The van der Waals surface area contributed by atoms with Crippen LogP contribution in [0.25, 0.3) is 28.3 Å². The van der Waals surface area contributed by atoms with Crippen LogP contribution in [-0.4, -0.2) is 10.6 Å². The molecule has 0 radical (unpaired) electrons. The summed E-state index contributed by atoms with van der Waals surface area (Å²) in [5.41, 5.74) is 10.5. The molecule has 84 heavy (non-hydrogen) atoms. The fraction of sp³-hybridized carbons (Fsp3) is 0.260. The molecule has 8 aromatic carbocycles. The van der Waals surface area contributed by atoms with E-state index < -0.39 is 5.60 Å². The van der Waals surface area contributed by atoms with Crippen LogP contribution in [0.4, 0.5) is 0 Å². The third kappa shape index (κ3) is 17.1. The van der Waals surface area contributed by atoms with Crippen molar-refractivity contribution >= 4 is 63.0 Å². The molecule has 0 aliphatic rings. The summed E-state index contributed by atoms with van der Waals surface area (Å²) in [6.45, 7) is 2.11. The maximum Gasteiger partial charge on any atom is 0.226 e. The molecule has 0 saturated heterocycles. The number of halogens is 3. The van der Waals surface area contributed by atoms with Gasteiger partial charge in [0.05, 0.1) is 10.0 Å². The summed E-state index contributed by atoms with van der Waals surface area (Å²) < 4.78 is 15.4. The van der Waals surface area contributed by atoms with Gasteiger partial charge in [0.15, 0.2) is 0 Å². The van der Waals surface area contributed by atoms with E-state index in [-0.39, 0.29) is 17.8 Å². The molecule has 3 nitrogen and oxygen atoms in total. The van der Waals surface area contributed by atoms with Gasteiger partial charge in [-0.2, -0.15) is 0 Å². The summed E-state index contributed by atoms with van der Waals surface area (Å²) in [5, 5.41) is 3.94. The van der Waals surface area contributed by atoms with Crippen LogP contribution >= 0.6 is 46.1 Å². The summed E-state index contributed by atoms with van der Waals surface area (Å²) in [7, 11) is 0. The zero-order chi connectivity index (χ0) is 57.8. The summed E-state index contributed by atoms with van der Waals surface area (Å²) in [6, 6.07) is 77.9. The third-order valence-electron chi connectivity index (χ3n) is 16.9. The van der Waals surface area contributed by atoms with Crippen molar-refractivity contribution in [1.82, 2.24) is 4.98 Å². The Hall–Kier alpha value is -6.92. The van der Waals surface area contributed by atoms with Gasteiger partial charge in [-0.3, -0.25) is 0 Å². The molecule has 0 spiro atoms. The average molecular weight is 1190 g/mol. The van der Waals surface area contributed by atoms with E-state index in [1.54, 1.807) is 11.3 Å². The van der Waals surface area contributed by atoms with E-state index in [1.165, 1.54) is 49.7 Å². The molecule has 4 unspecified atom stereocenters. The van der Waals surface area contributed by atoms with Gasteiger partial charge in [-0.1, -0.05) is 222 Å². The number of benzene rings is 8. The van der Waals surface area contributed by atoms with Crippen molar-refractivity contribution in [2.75, 3.05) is 0 Å². The van der Waals surface area contributed by atoms with Crippen LogP contribution in [0.1, 0.15) is 114 Å². The molecule has 10 rings (SSSR count). The number of nitrogens with zero attached hydrogens (tertiary/aromatic N) is 1. The van der Waals surface area contributed by atoms with Gasteiger partial charge in [-0.25, -0.2) is 4.98 Å². The first-order chi connectivity index (χ1) is 41.2. The van der Waals surface area contributed by atoms with Gasteiger partial charge >= 0.3 is 0 Å². The molecule has 10 aromatic rings. The van der Waals surface area contributed by atoms with Gasteiger partial charge in [0, 0.05) is 38.2 Å². The van der Waals surface area contributed by atoms with Gasteiger partial charge in [0.25, 0.3) is 0 Å². The third-order valence-corrected chi connectivity index (χ3v) is 18.6. The number of unbranched alkanes of at least 4 members (excludes halogenated alkanes) is 1. The van der Waals surface area contributed by atoms with Crippen LogP contribution in [0, 0.1) is 18.8 Å². The van der Waals surface area contributed by atoms with E-state index >= 15 is 0 Å². The average Bonchev–Trinajstić information content (AvgIpc) is 2.59. The number of oxazole rings is 1. The molecule has 4 atom stereocenters. The van der Waals surface area contributed by atoms with Crippen LogP contribution in [0.5, 0.6) is 5.75 Å². The number of hydrogen-bond donors (Lipinski definition) is 0. The zero-order valence-corrected chi connectivity index (χ0v) is 51.3. The number of aryl methyl sites for hydroxylation is 5. The monoisotopic (exact) mass is 1180 g/mol. The lowest BCUT2D eigenvalue weighted by molar-refractivity contribution is -0.0580. The number of allylic oxidation sites excluding steroid dienone is 3. The molecule has 0 aliphatic carbocycles. The fourth-order valence-corrected chi connectivity index (χ4v) is 13.7. The summed E-state index contributed by atoms with van der Waals surface area (Å²) in [6.07, 6.45) is 22.8. The molecule has 428 valence electrons. The minimum atomic E-state index is -0.764. The minimum absolute atomic E-state index is 0.0185. The van der Waals surface area contributed by atoms with Crippen molar-refractivity contribution in [2.45, 2.75) is 115 Å². The van der Waals surface area contributed by atoms with Crippen LogP contribution < -0.4 is 4.74 Å². The van der Waals surface area contributed by atoms with Gasteiger partial charge in [-0.05, 0) is 202 Å². The first-order valence-corrected chi connectivity index (χ1v) is 32.1. The number of ether oxygens (including phenoxy) is 1. The second-order valence-corrected chi connectivity index (χ2v) is 25.2. The lowest BCUT2D eigenvalue weighted by Gasteiger charge is -2.47. The minimum Gasteiger partial charge on any atom is -0.487 e. The molecule has 0 aliphatic heterocycles. The quantitative estimate of drug-likeness (QED) is 0.0332. The highest BCUT2D eigenvalue weighted by Gasteiger charge is 2.47. The number of thiophene rings is 1. The lowest BCUT2D eigenvalue weighted by Crippen LogP contribution is -2.52. The van der Waals surface area contributed by atoms with Gasteiger partial charge in [0.2, 0.25) is 5.89 Å². The van der Waals surface area contributed by atoms with Crippen LogP contribution in [-0.2, 0) is 32.1 Å². The molecular weight excluding hydrogens is 1110 g/mol. The van der Waals surface area contributed by atoms with Gasteiger partial charge in [0.1, 0.15) is 17.6 Å². The largest absolute Gasteiger partial charge is 0.487 e. The molecule has 0 saturated carbocycles. The Morgan fingerprint density at radius 1 is 0.595 bits per heavy atom. The van der Waals surface area contributed by atoms with E-state index in [1.807, 2.05) is 24.5 Å². The topological polar surface area (TPSA) is 35.3 Å². The Balaban J connectivity index is 1.14. The normalized spacial score (nSPS) is 13.7. The molecule has 0 N–H and O–H groups in total. The van der Waals surface area contributed by atoms with E-state index in [4.69, 9.17) is 48.9 Å². The van der Waals surface area contributed by atoms with Crippen molar-refractivity contribution in [3.05, 3.63) is 301 Å². The van der Waals surface area contributed by atoms with Crippen molar-refractivity contribution in [3.8, 4) is 17.2 Å². The molecule has 2 heterocycles. The van der Waals surface area contributed by atoms with E-state index in [0.29, 0.717) is 17.3 Å². The Morgan fingerprint density at radius 3 is 1.93 bits per heavy atom. The molecule has 0 amide bonds. The Labute approximate surface area is 518 Å². The SMILES string of the molecule is Cc1ccc(-c2nc(CC(CCC=Cc3ccc(Cl)s3)C(CCc3cccc4ccccc34)(Oc3ccc(Cl)cc3)C(CC=C(CCCc3ccccc3)C(CCCCc3ccccc3)c3ccc(Cl)cc3)CCc3ccccc3)co2)cc1. The Bertz CT molecular complexity index is 3630. The maximum atomic E-state index is 8.15. The Morgan fingerprint density at radius 2 is 1.24 bits per heavy atom. The predicted molar refractivity (Wildman–Crippen MR) is 357 cm³/mol. The van der Waals surface area contributed by atoms with Crippen molar-refractivity contribution in [3.63, 3.8) is 0 Å². The molecule has 0 fully saturated rings. The lowest BCUT2D eigenvalue weighted by atomic mass is 9.66. The molecule has 0 bridgehead atoms. The van der Waals surface area contributed by atoms with E-state index in [0.717, 1.165) is 121 Å². The first kappa shape index (κ1) is 60.2. The molecule has 7 heteroatoms. The standard InChI is InChI=1S/C77H76Cl3NO2S/c1-57-35-38-65(39-36-57)76-81-70(56-82-76)55-67(31-13-14-32-72-51-52-75(80)84-72)77(83-71-49-47-69(79)48-50-71,54-53-63-30-18-29-61-27-12-16-34-73(61)63)66(43-37-60-23-9-4-10-24-60)44-40-62(28-17-26-59-21-7-3-8-22-59)74(64-41-45-68(78)46-42-64)33-15-11-25-58-19-5-2-6-20-58/h2-10,12,14,16,18-24,27,29-30,32,34-36,38-42,45-52,56,66-67,74H,11,13,15,17,25-26,28,31,33,37,43-44,53-55H2,1H3. The molecule has 2 aromatic heterocycles. The number of rotatable bonds is 30. The maximum absolute atomic E-state index is 8.15. The van der Waals surface area contributed by atoms with Gasteiger partial charge < -0.3 is 9.15 Å². The van der Waals surface area contributed by atoms with Crippen LogP contribution in [0.2, 0.25) is 14.4 Å². The highest BCUT2D eigenvalue weighted by Crippen LogP contribution is 2.46. The van der Waals surface area contributed by atoms with Crippen molar-refractivity contribution in [1.29, 1.82) is 0 Å². The van der Waals surface area contributed by atoms with Gasteiger partial charge in [-0.15, -0.1) is 11.3 Å². The fourth-order valence-electron chi connectivity index (χ4n) is 12.4. The number of hydrogen-bond acceptors (Lipinski definition) is 4. The zero-order valence-electron chi connectivity index (χ0n) is 48.2. The molecular formula is C77H76Cl3NO2S. The smallest absolute Gasteiger partial charge is 0.226 e. The van der Waals surface area contributed by atoms with Crippen molar-refractivity contribution < 1.29 is 9.15 Å². The predicted octanol–water partition coefficient (Wildman–Crippen LogP) is 22.7. The van der Waals surface area contributed by atoms with Crippen LogP contribution in [0.3, 0.4) is 0 Å². The van der Waals surface area contributed by atoms with E-state index in [2.05, 4.69) is 225 Å². The first-order valence-electron chi connectivity index (χ1n) is 30.1. The highest BCUT2D eigenvalue weighted by molar-refractivity contribution is 7.17. The Kier molecular flexibility index (Phi) is 22.0. The summed E-state index contributed by atoms with van der Waals surface area (Å²) >= 11 is 21.6. The summed E-state index contributed by atoms with van der Waals surface area (Å²) in [5.74, 6) is 1.61. The second-order valence-electron chi connectivity index (χ2n) is 22.6. The highest BCUT2D eigenvalue weighted by atomic mass is 35.5.